The number of aliphatic hydroxyl groups excluding tert-OH is 4. The van der Waals surface area contributed by atoms with Crippen LogP contribution in [0.25, 0.3) is 22.1 Å². The van der Waals surface area contributed by atoms with Crippen LogP contribution in [0, 0.1) is 0 Å². The molecule has 8 N–H and O–H groups in total. The fourth-order valence-corrected chi connectivity index (χ4v) is 8.14. The number of hydrogen-bond donors (Lipinski definition) is 7. The summed E-state index contributed by atoms with van der Waals surface area (Å²) in [5.74, 6) is 0.247. The van der Waals surface area contributed by atoms with E-state index in [9.17, 15) is 57.3 Å². The number of anilines is 1. The molecule has 0 radical (unpaired) electrons. The largest absolute Gasteiger partial charge is 0.489 e. The van der Waals surface area contributed by atoms with E-state index in [0.717, 1.165) is 18.5 Å². The molecule has 2 aliphatic rings. The van der Waals surface area contributed by atoms with Crippen LogP contribution in [-0.4, -0.2) is 106 Å². The molecule has 5 aromatic rings. The van der Waals surface area contributed by atoms with Crippen LogP contribution in [0.3, 0.4) is 0 Å². The van der Waals surface area contributed by atoms with Crippen LogP contribution in [-0.2, 0) is 44.7 Å². The van der Waals surface area contributed by atoms with Crippen molar-refractivity contribution in [1.29, 1.82) is 0 Å². The number of benzene rings is 2. The van der Waals surface area contributed by atoms with Crippen molar-refractivity contribution < 1.29 is 89.2 Å². The van der Waals surface area contributed by atoms with Crippen molar-refractivity contribution in [2.24, 2.45) is 0 Å². The average Bonchev–Trinajstić information content (AvgIpc) is 3.81. The number of nitrogens with two attached hydrogens (primary N) is 1. The lowest BCUT2D eigenvalue weighted by molar-refractivity contribution is -0.136. The van der Waals surface area contributed by atoms with Gasteiger partial charge in [0.15, 0.2) is 17.7 Å². The highest BCUT2D eigenvalue weighted by atomic mass is 31.3. The van der Waals surface area contributed by atoms with Crippen molar-refractivity contribution in [1.82, 2.24) is 19.5 Å². The van der Waals surface area contributed by atoms with Gasteiger partial charge in [0.1, 0.15) is 72.2 Å². The Bertz CT molecular complexity index is 2480. The Hall–Kier alpha value is -4.59. The van der Waals surface area contributed by atoms with Gasteiger partial charge in [0, 0.05) is 17.5 Å². The summed E-state index contributed by atoms with van der Waals surface area (Å²) in [6.07, 6.45) is -15.1. The fraction of sp³-hybridized carbons (Fsp3) is 0.375. The number of phosphoric ester groups is 2. The van der Waals surface area contributed by atoms with Gasteiger partial charge < -0.3 is 59.3 Å². The number of rotatable bonds is 14. The second-order valence-electron chi connectivity index (χ2n) is 12.9. The summed E-state index contributed by atoms with van der Waals surface area (Å²) < 4.78 is 107. The number of aromatic nitrogens is 4. The molecule has 0 spiro atoms. The molecule has 318 valence electrons. The number of nitrogen functional groups attached to an aromatic ring is 1. The van der Waals surface area contributed by atoms with Gasteiger partial charge in [0.25, 0.3) is 0 Å². The monoisotopic (exact) mass is 877 g/mol. The van der Waals surface area contributed by atoms with Crippen LogP contribution in [0.1, 0.15) is 17.4 Å². The SMILES string of the molecule is Nc1ncnc2c1ncn2[C@@H]1OC(COP(=O)(O)OP(=O)(O)OCC2OC(Oc3ccc(COc4ccc5c(C(F)(F)F)cc(=O)oc5c4)cc3)[C@H](O)[C@@H]2O)[C@@H](O)[C@H]1O. The van der Waals surface area contributed by atoms with Crippen LogP contribution >= 0.6 is 15.6 Å². The third-order valence-corrected chi connectivity index (χ3v) is 11.5. The van der Waals surface area contributed by atoms with E-state index in [-0.39, 0.29) is 46.1 Å². The van der Waals surface area contributed by atoms with Gasteiger partial charge in [-0.2, -0.15) is 17.5 Å². The molecule has 0 bridgehead atoms. The van der Waals surface area contributed by atoms with Crippen molar-refractivity contribution in [3.05, 3.63) is 82.7 Å². The third-order valence-electron chi connectivity index (χ3n) is 8.93. The Morgan fingerprint density at radius 3 is 2.15 bits per heavy atom. The number of halogens is 3. The topological polar surface area (TPSA) is 320 Å². The first-order valence-electron chi connectivity index (χ1n) is 16.9. The van der Waals surface area contributed by atoms with E-state index in [2.05, 4.69) is 19.3 Å². The molecule has 5 heterocycles. The molecule has 22 nitrogen and oxygen atoms in total. The summed E-state index contributed by atoms with van der Waals surface area (Å²) in [6, 6.07) is 9.80. The van der Waals surface area contributed by atoms with Gasteiger partial charge in [0.05, 0.1) is 25.1 Å². The summed E-state index contributed by atoms with van der Waals surface area (Å²) in [7, 11) is -10.9. The maximum atomic E-state index is 13.3. The number of hydrogen-bond acceptors (Lipinski definition) is 19. The average molecular weight is 878 g/mol. The molecule has 7 rings (SSSR count). The van der Waals surface area contributed by atoms with Gasteiger partial charge in [-0.25, -0.2) is 28.9 Å². The Kier molecular flexibility index (Phi) is 11.9. The van der Waals surface area contributed by atoms with Crippen LogP contribution in [0.5, 0.6) is 11.5 Å². The molecular formula is C32H32F3N5O17P2. The van der Waals surface area contributed by atoms with Gasteiger partial charge in [-0.3, -0.25) is 13.6 Å². The van der Waals surface area contributed by atoms with Crippen LogP contribution in [0.15, 0.2) is 70.4 Å². The maximum absolute atomic E-state index is 13.3. The van der Waals surface area contributed by atoms with Crippen molar-refractivity contribution >= 4 is 43.6 Å². The number of fused-ring (bicyclic) bond motifs is 2. The van der Waals surface area contributed by atoms with Gasteiger partial charge in [-0.15, -0.1) is 0 Å². The molecule has 0 saturated carbocycles. The Morgan fingerprint density at radius 2 is 1.47 bits per heavy atom. The Labute approximate surface area is 327 Å². The molecule has 2 fully saturated rings. The van der Waals surface area contributed by atoms with Gasteiger partial charge in [0.2, 0.25) is 6.29 Å². The zero-order chi connectivity index (χ0) is 42.4. The Morgan fingerprint density at radius 1 is 0.831 bits per heavy atom. The van der Waals surface area contributed by atoms with Crippen LogP contribution in [0.4, 0.5) is 19.0 Å². The summed E-state index contributed by atoms with van der Waals surface area (Å²) in [6.45, 7) is -1.99. The predicted octanol–water partition coefficient (Wildman–Crippen LogP) is 1.51. The normalized spacial score (nSPS) is 26.9. The van der Waals surface area contributed by atoms with Crippen LogP contribution in [0.2, 0.25) is 0 Å². The molecule has 2 aromatic carbocycles. The lowest BCUT2D eigenvalue weighted by Gasteiger charge is -2.20. The zero-order valence-corrected chi connectivity index (χ0v) is 31.4. The quantitative estimate of drug-likeness (QED) is 0.0614. The second-order valence-corrected chi connectivity index (χ2v) is 16.0. The van der Waals surface area contributed by atoms with E-state index in [0.29, 0.717) is 11.6 Å². The molecular weight excluding hydrogens is 845 g/mol. The highest BCUT2D eigenvalue weighted by Crippen LogP contribution is 2.60. The lowest BCUT2D eigenvalue weighted by Crippen LogP contribution is -2.35. The molecule has 2 saturated heterocycles. The first-order valence-corrected chi connectivity index (χ1v) is 19.9. The predicted molar refractivity (Wildman–Crippen MR) is 188 cm³/mol. The van der Waals surface area contributed by atoms with E-state index in [1.807, 2.05) is 0 Å². The summed E-state index contributed by atoms with van der Waals surface area (Å²) in [4.78, 5) is 43.8. The van der Waals surface area contributed by atoms with Crippen molar-refractivity contribution in [3.63, 3.8) is 0 Å². The third kappa shape index (κ3) is 9.42. The van der Waals surface area contributed by atoms with Crippen molar-refractivity contribution in [3.8, 4) is 11.5 Å². The highest BCUT2D eigenvalue weighted by Gasteiger charge is 2.48. The summed E-state index contributed by atoms with van der Waals surface area (Å²) in [5.41, 5.74) is 3.98. The first-order chi connectivity index (χ1) is 27.8. The number of imidazole rings is 1. The number of alkyl halides is 3. The first kappa shape index (κ1) is 42.5. The molecule has 27 heteroatoms. The fourth-order valence-electron chi connectivity index (χ4n) is 6.05. The molecule has 5 unspecified atom stereocenters. The number of nitrogens with zero attached hydrogens (tertiary/aromatic N) is 4. The lowest BCUT2D eigenvalue weighted by atomic mass is 10.1. The number of ether oxygens (including phenoxy) is 4. The number of aliphatic hydroxyl groups is 4. The van der Waals surface area contributed by atoms with E-state index in [4.69, 9.17) is 38.1 Å². The number of phosphoric acid groups is 2. The highest BCUT2D eigenvalue weighted by molar-refractivity contribution is 7.61. The molecule has 2 aliphatic heterocycles. The maximum Gasteiger partial charge on any atom is 0.481 e. The molecule has 0 amide bonds. The minimum Gasteiger partial charge on any atom is -0.489 e. The molecule has 59 heavy (non-hydrogen) atoms. The zero-order valence-electron chi connectivity index (χ0n) is 29.6. The van der Waals surface area contributed by atoms with Crippen molar-refractivity contribution in [2.75, 3.05) is 18.9 Å². The molecule has 0 aliphatic carbocycles. The van der Waals surface area contributed by atoms with Crippen LogP contribution < -0.4 is 20.8 Å². The van der Waals surface area contributed by atoms with Gasteiger partial charge >= 0.3 is 27.4 Å². The van der Waals surface area contributed by atoms with E-state index < -0.39 is 95.4 Å². The van der Waals surface area contributed by atoms with E-state index in [1.165, 1.54) is 41.2 Å². The molecule has 3 aromatic heterocycles. The minimum absolute atomic E-state index is 0.0297. The standard InChI is InChI=1S/C32H32F3N5O17P2/c33-32(34,35)18-8-22(41)54-19-7-16(5-6-17(18)19)50-9-14-1-3-15(4-2-14)53-31-27(45)25(43)21(56-31)11-52-59(48,49)57-58(46,47)51-10-20-24(42)26(44)30(55-20)40-13-39-23-28(36)37-12-38-29(23)40/h1-8,12-13,20-21,24-27,30-31,42-45H,9-11H2,(H,46,47)(H,48,49)(H2,36,37,38)/t20?,21?,24-,25-,26-,27-,30-,31?/m1/s1. The van der Waals surface area contributed by atoms with Gasteiger partial charge in [-0.1, -0.05) is 12.1 Å². The molecule has 10 atom stereocenters. The van der Waals surface area contributed by atoms with Gasteiger partial charge in [-0.05, 0) is 29.8 Å². The second kappa shape index (κ2) is 16.5. The van der Waals surface area contributed by atoms with E-state index in [1.54, 1.807) is 0 Å². The van der Waals surface area contributed by atoms with Crippen molar-refractivity contribution in [2.45, 2.75) is 61.9 Å². The van der Waals surface area contributed by atoms with E-state index >= 15 is 0 Å². The smallest absolute Gasteiger partial charge is 0.481 e. The summed E-state index contributed by atoms with van der Waals surface area (Å²) in [5, 5.41) is 41.7. The minimum atomic E-state index is -5.45. The summed E-state index contributed by atoms with van der Waals surface area (Å²) >= 11 is 0. The Balaban J connectivity index is 0.878.